The number of nitrogens with one attached hydrogen (secondary N) is 1. The van der Waals surface area contributed by atoms with Gasteiger partial charge in [0.1, 0.15) is 11.6 Å². The van der Waals surface area contributed by atoms with Gasteiger partial charge in [-0.1, -0.05) is 18.2 Å². The van der Waals surface area contributed by atoms with Crippen molar-refractivity contribution in [3.63, 3.8) is 0 Å². The molecule has 0 fully saturated rings. The molecule has 2 aromatic rings. The molecule has 3 nitrogen and oxygen atoms in total. The molecule has 3 heteroatoms. The van der Waals surface area contributed by atoms with Gasteiger partial charge in [0.05, 0.1) is 7.11 Å². The van der Waals surface area contributed by atoms with Crippen LogP contribution in [-0.4, -0.2) is 18.6 Å². The second-order valence-electron chi connectivity index (χ2n) is 4.19. The first kappa shape index (κ1) is 12.4. The molecule has 0 aliphatic rings. The Morgan fingerprint density at radius 2 is 1.89 bits per heavy atom. The molecule has 1 heterocycles. The highest BCUT2D eigenvalue weighted by atomic mass is 16.5. The van der Waals surface area contributed by atoms with Crippen LogP contribution in [0.25, 0.3) is 0 Å². The van der Waals surface area contributed by atoms with Gasteiger partial charge in [0.15, 0.2) is 0 Å². The van der Waals surface area contributed by atoms with E-state index in [9.17, 15) is 0 Å². The van der Waals surface area contributed by atoms with Crippen LogP contribution in [0.4, 0.5) is 5.82 Å². The van der Waals surface area contributed by atoms with Crippen LogP contribution in [0, 0.1) is 6.92 Å². The number of hydrogen-bond acceptors (Lipinski definition) is 3. The van der Waals surface area contributed by atoms with Gasteiger partial charge in [-0.05, 0) is 43.2 Å². The quantitative estimate of drug-likeness (QED) is 0.875. The molecule has 0 saturated heterocycles. The first-order valence-corrected chi connectivity index (χ1v) is 6.08. The molecule has 94 valence electrons. The van der Waals surface area contributed by atoms with Crippen LogP contribution in [-0.2, 0) is 6.42 Å². The Morgan fingerprint density at radius 3 is 2.56 bits per heavy atom. The fourth-order valence-electron chi connectivity index (χ4n) is 1.77. The number of anilines is 1. The first-order valence-electron chi connectivity index (χ1n) is 6.08. The molecule has 18 heavy (non-hydrogen) atoms. The largest absolute Gasteiger partial charge is 0.497 e. The first-order chi connectivity index (χ1) is 8.78. The minimum absolute atomic E-state index is 0.878. The highest BCUT2D eigenvalue weighted by Crippen LogP contribution is 2.12. The third-order valence-electron chi connectivity index (χ3n) is 2.77. The predicted octanol–water partition coefficient (Wildman–Crippen LogP) is 3.05. The van der Waals surface area contributed by atoms with Crippen LogP contribution in [0.2, 0.25) is 0 Å². The summed E-state index contributed by atoms with van der Waals surface area (Å²) in [4.78, 5) is 4.40. The molecule has 0 saturated carbocycles. The maximum absolute atomic E-state index is 5.13. The number of pyridine rings is 1. The van der Waals surface area contributed by atoms with E-state index in [-0.39, 0.29) is 0 Å². The van der Waals surface area contributed by atoms with Crippen molar-refractivity contribution in [2.75, 3.05) is 19.0 Å². The third-order valence-corrected chi connectivity index (χ3v) is 2.77. The lowest BCUT2D eigenvalue weighted by atomic mass is 10.1. The Kier molecular flexibility index (Phi) is 4.18. The van der Waals surface area contributed by atoms with E-state index in [0.29, 0.717) is 0 Å². The summed E-state index contributed by atoms with van der Waals surface area (Å²) in [6.07, 6.45) is 0.972. The monoisotopic (exact) mass is 242 g/mol. The van der Waals surface area contributed by atoms with E-state index in [1.165, 1.54) is 5.56 Å². The number of benzene rings is 1. The summed E-state index contributed by atoms with van der Waals surface area (Å²) >= 11 is 0. The Hall–Kier alpha value is -2.03. The minimum atomic E-state index is 0.878. The van der Waals surface area contributed by atoms with E-state index in [1.807, 2.05) is 37.3 Å². The van der Waals surface area contributed by atoms with E-state index < -0.39 is 0 Å². The Bertz CT molecular complexity index is 494. The van der Waals surface area contributed by atoms with Gasteiger partial charge in [-0.3, -0.25) is 0 Å². The fourth-order valence-corrected chi connectivity index (χ4v) is 1.77. The summed E-state index contributed by atoms with van der Waals surface area (Å²) in [7, 11) is 1.68. The smallest absolute Gasteiger partial charge is 0.126 e. The van der Waals surface area contributed by atoms with Gasteiger partial charge >= 0.3 is 0 Å². The van der Waals surface area contributed by atoms with Crippen LogP contribution >= 0.6 is 0 Å². The molecule has 0 aliphatic carbocycles. The second-order valence-corrected chi connectivity index (χ2v) is 4.19. The van der Waals surface area contributed by atoms with Gasteiger partial charge < -0.3 is 10.1 Å². The zero-order chi connectivity index (χ0) is 12.8. The molecule has 1 aromatic carbocycles. The van der Waals surface area contributed by atoms with E-state index >= 15 is 0 Å². The predicted molar refractivity (Wildman–Crippen MR) is 74.2 cm³/mol. The van der Waals surface area contributed by atoms with Crippen molar-refractivity contribution >= 4 is 5.82 Å². The molecule has 1 aromatic heterocycles. The average molecular weight is 242 g/mol. The summed E-state index contributed by atoms with van der Waals surface area (Å²) in [5.41, 5.74) is 2.32. The van der Waals surface area contributed by atoms with Crippen molar-refractivity contribution in [1.82, 2.24) is 4.98 Å². The van der Waals surface area contributed by atoms with Gasteiger partial charge in [-0.25, -0.2) is 4.98 Å². The van der Waals surface area contributed by atoms with Crippen molar-refractivity contribution in [3.05, 3.63) is 53.7 Å². The topological polar surface area (TPSA) is 34.1 Å². The van der Waals surface area contributed by atoms with Crippen molar-refractivity contribution in [2.45, 2.75) is 13.3 Å². The molecule has 0 aliphatic heterocycles. The Labute approximate surface area is 108 Å². The number of ether oxygens (including phenoxy) is 1. The number of aryl methyl sites for hydroxylation is 1. The maximum atomic E-state index is 5.13. The number of methoxy groups -OCH3 is 1. The highest BCUT2D eigenvalue weighted by molar-refractivity contribution is 5.35. The van der Waals surface area contributed by atoms with Crippen molar-refractivity contribution in [3.8, 4) is 5.75 Å². The van der Waals surface area contributed by atoms with Crippen LogP contribution in [0.15, 0.2) is 42.5 Å². The van der Waals surface area contributed by atoms with E-state index in [4.69, 9.17) is 4.74 Å². The fraction of sp³-hybridized carbons (Fsp3) is 0.267. The molecule has 0 spiro atoms. The Morgan fingerprint density at radius 1 is 1.11 bits per heavy atom. The molecule has 0 amide bonds. The summed E-state index contributed by atoms with van der Waals surface area (Å²) in [6.45, 7) is 2.87. The van der Waals surface area contributed by atoms with E-state index in [0.717, 1.165) is 30.2 Å². The summed E-state index contributed by atoms with van der Waals surface area (Å²) in [5.74, 6) is 1.83. The normalized spacial score (nSPS) is 10.1. The van der Waals surface area contributed by atoms with Crippen molar-refractivity contribution < 1.29 is 4.74 Å². The zero-order valence-electron chi connectivity index (χ0n) is 10.8. The molecule has 1 N–H and O–H groups in total. The molecule has 2 rings (SSSR count). The number of rotatable bonds is 5. The highest BCUT2D eigenvalue weighted by Gasteiger charge is 1.96. The average Bonchev–Trinajstić information content (AvgIpc) is 2.40. The summed E-state index contributed by atoms with van der Waals surface area (Å²) in [6, 6.07) is 14.1. The standard InChI is InChI=1S/C15H18N2O/c1-12-4-3-5-15(17-12)16-11-10-13-6-8-14(18-2)9-7-13/h3-9H,10-11H2,1-2H3,(H,16,17). The van der Waals surface area contributed by atoms with Gasteiger partial charge in [0.25, 0.3) is 0 Å². The summed E-state index contributed by atoms with van der Waals surface area (Å²) < 4.78 is 5.13. The molecule has 0 atom stereocenters. The number of nitrogens with zero attached hydrogens (tertiary/aromatic N) is 1. The maximum Gasteiger partial charge on any atom is 0.126 e. The second kappa shape index (κ2) is 6.05. The van der Waals surface area contributed by atoms with E-state index in [1.54, 1.807) is 7.11 Å². The van der Waals surface area contributed by atoms with Crippen LogP contribution < -0.4 is 10.1 Å². The number of hydrogen-bond donors (Lipinski definition) is 1. The van der Waals surface area contributed by atoms with Gasteiger partial charge in [-0.2, -0.15) is 0 Å². The van der Waals surface area contributed by atoms with Crippen molar-refractivity contribution in [2.24, 2.45) is 0 Å². The summed E-state index contributed by atoms with van der Waals surface area (Å²) in [5, 5.41) is 3.32. The minimum Gasteiger partial charge on any atom is -0.497 e. The lowest BCUT2D eigenvalue weighted by Crippen LogP contribution is -2.06. The molecule has 0 unspecified atom stereocenters. The van der Waals surface area contributed by atoms with Gasteiger partial charge in [-0.15, -0.1) is 0 Å². The van der Waals surface area contributed by atoms with E-state index in [2.05, 4.69) is 22.4 Å². The zero-order valence-corrected chi connectivity index (χ0v) is 10.8. The SMILES string of the molecule is COc1ccc(CCNc2cccc(C)n2)cc1. The van der Waals surface area contributed by atoms with Gasteiger partial charge in [0, 0.05) is 12.2 Å². The molecule has 0 radical (unpaired) electrons. The molecular weight excluding hydrogens is 224 g/mol. The van der Waals surface area contributed by atoms with Crippen LogP contribution in [0.3, 0.4) is 0 Å². The molecular formula is C15H18N2O. The lowest BCUT2D eigenvalue weighted by molar-refractivity contribution is 0.414. The molecule has 0 bridgehead atoms. The van der Waals surface area contributed by atoms with Crippen LogP contribution in [0.1, 0.15) is 11.3 Å². The van der Waals surface area contributed by atoms with Crippen molar-refractivity contribution in [1.29, 1.82) is 0 Å². The van der Waals surface area contributed by atoms with Gasteiger partial charge in [0.2, 0.25) is 0 Å². The number of aromatic nitrogens is 1. The lowest BCUT2D eigenvalue weighted by Gasteiger charge is -2.07. The van der Waals surface area contributed by atoms with Crippen LogP contribution in [0.5, 0.6) is 5.75 Å². The Balaban J connectivity index is 1.84. The third kappa shape index (κ3) is 3.48.